The number of thioether (sulfide) groups is 1. The summed E-state index contributed by atoms with van der Waals surface area (Å²) in [5, 5.41) is 12.9. The molecule has 0 aliphatic rings. The second kappa shape index (κ2) is 4.98. The Kier molecular flexibility index (Phi) is 3.92. The quantitative estimate of drug-likeness (QED) is 0.739. The first-order chi connectivity index (χ1) is 6.65. The van der Waals surface area contributed by atoms with Crippen molar-refractivity contribution in [2.24, 2.45) is 0 Å². The third kappa shape index (κ3) is 2.72. The van der Waals surface area contributed by atoms with Crippen LogP contribution in [0.3, 0.4) is 0 Å². The van der Waals surface area contributed by atoms with E-state index in [1.54, 1.807) is 7.05 Å². The molecular formula is C8H9N3OS2. The molecule has 1 amide bonds. The van der Waals surface area contributed by atoms with E-state index in [0.717, 1.165) is 17.5 Å². The van der Waals surface area contributed by atoms with Crippen LogP contribution in [0.5, 0.6) is 0 Å². The first-order valence-corrected chi connectivity index (χ1v) is 5.71. The number of rotatable bonds is 3. The van der Waals surface area contributed by atoms with Gasteiger partial charge in [-0.05, 0) is 11.8 Å². The summed E-state index contributed by atoms with van der Waals surface area (Å²) in [5.74, 6) is 0.525. The van der Waals surface area contributed by atoms with Crippen molar-refractivity contribution < 1.29 is 4.79 Å². The van der Waals surface area contributed by atoms with Crippen LogP contribution in [0.4, 0.5) is 5.13 Å². The largest absolute Gasteiger partial charge is 0.292 e. The Balaban J connectivity index is 2.68. The molecule has 0 aromatic carbocycles. The summed E-state index contributed by atoms with van der Waals surface area (Å²) in [4.78, 5) is 16.7. The van der Waals surface area contributed by atoms with E-state index in [2.05, 4.69) is 4.98 Å². The standard InChI is InChI=1S/C8H9N3OS2/c1-6(12)11(2)8-10-7(4-14-8)3-13-5-9/h4H,3H2,1-2H3. The molecule has 1 aromatic rings. The number of nitrogens with zero attached hydrogens (tertiary/aromatic N) is 3. The molecule has 0 spiro atoms. The molecule has 0 atom stereocenters. The lowest BCUT2D eigenvalue weighted by Crippen LogP contribution is -2.22. The van der Waals surface area contributed by atoms with Crippen LogP contribution >= 0.6 is 23.1 Å². The minimum atomic E-state index is -0.0427. The maximum Gasteiger partial charge on any atom is 0.225 e. The third-order valence-corrected chi connectivity index (χ3v) is 3.12. The molecule has 0 bridgehead atoms. The summed E-state index contributed by atoms with van der Waals surface area (Å²) >= 11 is 2.55. The van der Waals surface area contributed by atoms with Crippen LogP contribution in [0.15, 0.2) is 5.38 Å². The Hall–Kier alpha value is -1.06. The number of hydrogen-bond acceptors (Lipinski definition) is 5. The minimum Gasteiger partial charge on any atom is -0.292 e. The van der Waals surface area contributed by atoms with Crippen molar-refractivity contribution in [3.8, 4) is 5.40 Å². The van der Waals surface area contributed by atoms with Gasteiger partial charge in [-0.1, -0.05) is 0 Å². The van der Waals surface area contributed by atoms with Gasteiger partial charge in [0.2, 0.25) is 5.91 Å². The van der Waals surface area contributed by atoms with Gasteiger partial charge in [0.25, 0.3) is 0 Å². The number of aromatic nitrogens is 1. The fourth-order valence-electron chi connectivity index (χ4n) is 0.758. The maximum atomic E-state index is 11.0. The van der Waals surface area contributed by atoms with Gasteiger partial charge in [0.1, 0.15) is 5.40 Å². The van der Waals surface area contributed by atoms with Gasteiger partial charge in [-0.25, -0.2) is 4.98 Å². The van der Waals surface area contributed by atoms with Gasteiger partial charge >= 0.3 is 0 Å². The number of carbonyl (C=O) groups excluding carboxylic acids is 1. The summed E-state index contributed by atoms with van der Waals surface area (Å²) in [6.45, 7) is 1.49. The van der Waals surface area contributed by atoms with Crippen LogP contribution in [0, 0.1) is 10.7 Å². The average Bonchev–Trinajstić information content (AvgIpc) is 2.61. The highest BCUT2D eigenvalue weighted by Crippen LogP contribution is 2.21. The van der Waals surface area contributed by atoms with E-state index in [1.165, 1.54) is 23.2 Å². The molecule has 14 heavy (non-hydrogen) atoms. The van der Waals surface area contributed by atoms with Gasteiger partial charge in [-0.3, -0.25) is 9.69 Å². The molecule has 74 valence electrons. The minimum absolute atomic E-state index is 0.0427. The molecule has 0 saturated carbocycles. The smallest absolute Gasteiger partial charge is 0.225 e. The zero-order valence-electron chi connectivity index (χ0n) is 7.85. The number of hydrogen-bond donors (Lipinski definition) is 0. The lowest BCUT2D eigenvalue weighted by molar-refractivity contribution is -0.116. The highest BCUT2D eigenvalue weighted by Gasteiger charge is 2.09. The SMILES string of the molecule is CC(=O)N(C)c1nc(CSC#N)cs1. The first-order valence-electron chi connectivity index (χ1n) is 3.84. The van der Waals surface area contributed by atoms with Gasteiger partial charge in [0, 0.05) is 19.4 Å². The van der Waals surface area contributed by atoms with Crippen LogP contribution in [-0.4, -0.2) is 17.9 Å². The van der Waals surface area contributed by atoms with Gasteiger partial charge in [0.05, 0.1) is 11.4 Å². The van der Waals surface area contributed by atoms with Gasteiger partial charge in [0.15, 0.2) is 5.13 Å². The van der Waals surface area contributed by atoms with Crippen molar-refractivity contribution in [2.75, 3.05) is 11.9 Å². The molecule has 0 aliphatic heterocycles. The predicted molar refractivity (Wildman–Crippen MR) is 58.1 cm³/mol. The second-order valence-electron chi connectivity index (χ2n) is 2.58. The zero-order chi connectivity index (χ0) is 10.6. The Bertz CT molecular complexity index is 369. The molecule has 1 aromatic heterocycles. The number of thiocyanates is 1. The second-order valence-corrected chi connectivity index (χ2v) is 4.18. The Labute approximate surface area is 90.6 Å². The first kappa shape index (κ1) is 11.0. The van der Waals surface area contributed by atoms with Crippen molar-refractivity contribution in [2.45, 2.75) is 12.7 Å². The summed E-state index contributed by atoms with van der Waals surface area (Å²) < 4.78 is 0. The lowest BCUT2D eigenvalue weighted by Gasteiger charge is -2.09. The number of nitriles is 1. The summed E-state index contributed by atoms with van der Waals surface area (Å²) in [5.41, 5.74) is 0.838. The molecule has 0 N–H and O–H groups in total. The lowest BCUT2D eigenvalue weighted by atomic mass is 10.6. The fourth-order valence-corrected chi connectivity index (χ4v) is 2.06. The van der Waals surface area contributed by atoms with E-state index in [9.17, 15) is 4.79 Å². The number of amides is 1. The topological polar surface area (TPSA) is 57.0 Å². The Morgan fingerprint density at radius 1 is 1.86 bits per heavy atom. The monoisotopic (exact) mass is 227 g/mol. The van der Waals surface area contributed by atoms with E-state index in [4.69, 9.17) is 5.26 Å². The molecule has 0 unspecified atom stereocenters. The molecule has 6 heteroatoms. The van der Waals surface area contributed by atoms with Gasteiger partial charge in [-0.2, -0.15) is 5.26 Å². The Morgan fingerprint density at radius 3 is 3.14 bits per heavy atom. The normalized spacial score (nSPS) is 9.50. The molecule has 0 saturated heterocycles. The fraction of sp³-hybridized carbons (Fsp3) is 0.375. The molecular weight excluding hydrogens is 218 g/mol. The maximum absolute atomic E-state index is 11.0. The van der Waals surface area contributed by atoms with Crippen molar-refractivity contribution >= 4 is 34.1 Å². The predicted octanol–water partition coefficient (Wildman–Crippen LogP) is 1.84. The van der Waals surface area contributed by atoms with E-state index in [1.807, 2.05) is 10.8 Å². The molecule has 0 radical (unpaired) electrons. The van der Waals surface area contributed by atoms with E-state index in [-0.39, 0.29) is 5.91 Å². The molecule has 1 rings (SSSR count). The average molecular weight is 227 g/mol. The summed E-state index contributed by atoms with van der Waals surface area (Å²) in [7, 11) is 1.68. The number of carbonyl (C=O) groups is 1. The van der Waals surface area contributed by atoms with Crippen LogP contribution in [0.25, 0.3) is 0 Å². The van der Waals surface area contributed by atoms with Gasteiger partial charge in [-0.15, -0.1) is 11.3 Å². The van der Waals surface area contributed by atoms with Crippen LogP contribution < -0.4 is 4.90 Å². The van der Waals surface area contributed by atoms with E-state index in [0.29, 0.717) is 10.9 Å². The Morgan fingerprint density at radius 2 is 2.57 bits per heavy atom. The zero-order valence-corrected chi connectivity index (χ0v) is 9.48. The van der Waals surface area contributed by atoms with Crippen LogP contribution in [0.1, 0.15) is 12.6 Å². The summed E-state index contributed by atoms with van der Waals surface area (Å²) in [6.07, 6.45) is 0. The van der Waals surface area contributed by atoms with Crippen LogP contribution in [0.2, 0.25) is 0 Å². The van der Waals surface area contributed by atoms with Crippen molar-refractivity contribution in [1.82, 2.24) is 4.98 Å². The molecule has 0 aliphatic carbocycles. The molecule has 0 fully saturated rings. The van der Waals surface area contributed by atoms with Crippen molar-refractivity contribution in [3.63, 3.8) is 0 Å². The number of thiazole rings is 1. The van der Waals surface area contributed by atoms with E-state index < -0.39 is 0 Å². The van der Waals surface area contributed by atoms with Crippen LogP contribution in [-0.2, 0) is 10.5 Å². The highest BCUT2D eigenvalue weighted by molar-refractivity contribution is 8.02. The molecule has 1 heterocycles. The van der Waals surface area contributed by atoms with Crippen molar-refractivity contribution in [1.29, 1.82) is 5.26 Å². The third-order valence-electron chi connectivity index (χ3n) is 1.58. The molecule has 4 nitrogen and oxygen atoms in total. The summed E-state index contributed by atoms with van der Waals surface area (Å²) in [6, 6.07) is 0. The van der Waals surface area contributed by atoms with Crippen molar-refractivity contribution in [3.05, 3.63) is 11.1 Å². The highest BCUT2D eigenvalue weighted by atomic mass is 32.2. The number of anilines is 1. The van der Waals surface area contributed by atoms with Gasteiger partial charge < -0.3 is 0 Å². The van der Waals surface area contributed by atoms with E-state index >= 15 is 0 Å².